The second-order valence-corrected chi connectivity index (χ2v) is 7.68. The summed E-state index contributed by atoms with van der Waals surface area (Å²) in [5, 5.41) is 3.88. The number of rotatable bonds is 8. The number of amides is 1. The highest BCUT2D eigenvalue weighted by Gasteiger charge is 2.26. The number of carbonyl (C=O) groups is 1. The first kappa shape index (κ1) is 20.4. The molecule has 5 heteroatoms. The highest BCUT2D eigenvalue weighted by Crippen LogP contribution is 2.28. The van der Waals surface area contributed by atoms with Gasteiger partial charge in [0.05, 0.1) is 11.0 Å². The highest BCUT2D eigenvalue weighted by atomic mass is 35.5. The van der Waals surface area contributed by atoms with Gasteiger partial charge in [0.15, 0.2) is 0 Å². The average molecular weight is 398 g/mol. The number of fused-ring (bicyclic) bond motifs is 1. The van der Waals surface area contributed by atoms with Crippen molar-refractivity contribution < 1.29 is 4.79 Å². The third kappa shape index (κ3) is 4.39. The van der Waals surface area contributed by atoms with Gasteiger partial charge in [-0.05, 0) is 43.5 Å². The van der Waals surface area contributed by atoms with Gasteiger partial charge in [0.2, 0.25) is 5.91 Å². The molecule has 1 heterocycles. The number of hydrogen-bond acceptors (Lipinski definition) is 2. The van der Waals surface area contributed by atoms with Crippen molar-refractivity contribution in [3.8, 4) is 0 Å². The van der Waals surface area contributed by atoms with Crippen molar-refractivity contribution >= 4 is 28.5 Å². The molecule has 0 unspecified atom stereocenters. The van der Waals surface area contributed by atoms with Gasteiger partial charge in [0, 0.05) is 17.5 Å². The van der Waals surface area contributed by atoms with E-state index in [4.69, 9.17) is 16.6 Å². The van der Waals surface area contributed by atoms with Gasteiger partial charge in [0.1, 0.15) is 11.9 Å². The van der Waals surface area contributed by atoms with Gasteiger partial charge in [-0.1, -0.05) is 62.2 Å². The summed E-state index contributed by atoms with van der Waals surface area (Å²) >= 11 is 6.40. The summed E-state index contributed by atoms with van der Waals surface area (Å²) in [6.07, 6.45) is 3.17. The fourth-order valence-corrected chi connectivity index (χ4v) is 3.67. The van der Waals surface area contributed by atoms with Crippen LogP contribution in [0, 0.1) is 0 Å². The lowest BCUT2D eigenvalue weighted by atomic mass is 10.1. The largest absolute Gasteiger partial charge is 0.352 e. The summed E-state index contributed by atoms with van der Waals surface area (Å²) in [7, 11) is 0. The van der Waals surface area contributed by atoms with Crippen LogP contribution in [0.4, 0.5) is 0 Å². The zero-order valence-electron chi connectivity index (χ0n) is 16.8. The molecule has 148 valence electrons. The SMILES string of the molecule is CCC[C@@H](C(=O)N[C@@H](C)CC)n1c(Cc2ccccc2Cl)nc2ccccc21. The maximum atomic E-state index is 13.1. The maximum absolute atomic E-state index is 13.1. The van der Waals surface area contributed by atoms with Gasteiger partial charge in [-0.2, -0.15) is 0 Å². The Balaban J connectivity index is 2.08. The summed E-state index contributed by atoms with van der Waals surface area (Å²) in [5.74, 6) is 0.923. The van der Waals surface area contributed by atoms with Gasteiger partial charge < -0.3 is 9.88 Å². The zero-order chi connectivity index (χ0) is 20.1. The van der Waals surface area contributed by atoms with Crippen molar-refractivity contribution in [2.75, 3.05) is 0 Å². The second kappa shape index (κ2) is 9.24. The number of aromatic nitrogens is 2. The number of nitrogens with zero attached hydrogens (tertiary/aromatic N) is 2. The molecule has 1 amide bonds. The average Bonchev–Trinajstić information content (AvgIpc) is 3.05. The van der Waals surface area contributed by atoms with Crippen LogP contribution in [0.2, 0.25) is 5.02 Å². The third-order valence-electron chi connectivity index (χ3n) is 5.15. The Kier molecular flexibility index (Phi) is 6.74. The number of benzene rings is 2. The molecule has 0 aliphatic carbocycles. The van der Waals surface area contributed by atoms with Crippen LogP contribution in [0.25, 0.3) is 11.0 Å². The van der Waals surface area contributed by atoms with E-state index in [1.807, 2.05) is 55.5 Å². The minimum atomic E-state index is -0.288. The number of para-hydroxylation sites is 2. The fourth-order valence-electron chi connectivity index (χ4n) is 3.47. The van der Waals surface area contributed by atoms with Crippen molar-refractivity contribution in [2.45, 2.75) is 58.5 Å². The van der Waals surface area contributed by atoms with Gasteiger partial charge in [-0.3, -0.25) is 4.79 Å². The second-order valence-electron chi connectivity index (χ2n) is 7.28. The van der Waals surface area contributed by atoms with Crippen LogP contribution in [0.1, 0.15) is 57.5 Å². The van der Waals surface area contributed by atoms with Gasteiger partial charge in [0.25, 0.3) is 0 Å². The van der Waals surface area contributed by atoms with Gasteiger partial charge in [-0.25, -0.2) is 4.98 Å². The number of halogens is 1. The van der Waals surface area contributed by atoms with E-state index < -0.39 is 0 Å². The molecule has 4 nitrogen and oxygen atoms in total. The minimum Gasteiger partial charge on any atom is -0.352 e. The predicted octanol–water partition coefficient (Wildman–Crippen LogP) is 5.54. The Hall–Kier alpha value is -2.33. The van der Waals surface area contributed by atoms with Crippen LogP contribution in [-0.2, 0) is 11.2 Å². The molecular formula is C23H28ClN3O. The Labute approximate surface area is 171 Å². The van der Waals surface area contributed by atoms with Crippen LogP contribution in [0.5, 0.6) is 0 Å². The summed E-state index contributed by atoms with van der Waals surface area (Å²) in [4.78, 5) is 18.0. The molecule has 0 saturated carbocycles. The van der Waals surface area contributed by atoms with Crippen molar-refractivity contribution in [3.63, 3.8) is 0 Å². The molecule has 0 aliphatic heterocycles. The lowest BCUT2D eigenvalue weighted by molar-refractivity contribution is -0.125. The summed E-state index contributed by atoms with van der Waals surface area (Å²) in [5.41, 5.74) is 2.91. The molecule has 0 aliphatic rings. The number of hydrogen-bond donors (Lipinski definition) is 1. The highest BCUT2D eigenvalue weighted by molar-refractivity contribution is 6.31. The van der Waals surface area contributed by atoms with Gasteiger partial charge in [-0.15, -0.1) is 0 Å². The van der Waals surface area contributed by atoms with E-state index in [-0.39, 0.29) is 18.0 Å². The normalized spacial score (nSPS) is 13.4. The lowest BCUT2D eigenvalue weighted by Gasteiger charge is -2.23. The first-order valence-electron chi connectivity index (χ1n) is 10.0. The first-order valence-corrected chi connectivity index (χ1v) is 10.4. The lowest BCUT2D eigenvalue weighted by Crippen LogP contribution is -2.38. The minimum absolute atomic E-state index is 0.0553. The molecule has 0 spiro atoms. The van der Waals surface area contributed by atoms with Crippen molar-refractivity contribution in [2.24, 2.45) is 0 Å². The predicted molar refractivity (Wildman–Crippen MR) is 116 cm³/mol. The maximum Gasteiger partial charge on any atom is 0.243 e. The van der Waals surface area contributed by atoms with Crippen molar-refractivity contribution in [3.05, 3.63) is 64.9 Å². The molecule has 1 N–H and O–H groups in total. The third-order valence-corrected chi connectivity index (χ3v) is 5.52. The van der Waals surface area contributed by atoms with Crippen LogP contribution < -0.4 is 5.32 Å². The van der Waals surface area contributed by atoms with E-state index in [2.05, 4.69) is 23.7 Å². The number of nitrogens with one attached hydrogen (secondary N) is 1. The number of imidazole rings is 1. The van der Waals surface area contributed by atoms with E-state index >= 15 is 0 Å². The Bertz CT molecular complexity index is 950. The molecule has 2 aromatic carbocycles. The molecular weight excluding hydrogens is 370 g/mol. The molecule has 0 saturated heterocycles. The standard InChI is InChI=1S/C23H28ClN3O/c1-4-10-21(23(28)25-16(3)5-2)27-20-14-9-8-13-19(20)26-22(27)15-17-11-6-7-12-18(17)24/h6-9,11-14,16,21H,4-5,10,15H2,1-3H3,(H,25,28)/t16-,21-/m0/s1. The van der Waals surface area contributed by atoms with Crippen LogP contribution in [0.3, 0.4) is 0 Å². The van der Waals surface area contributed by atoms with Gasteiger partial charge >= 0.3 is 0 Å². The Morgan fingerprint density at radius 3 is 2.57 bits per heavy atom. The van der Waals surface area contributed by atoms with E-state index in [0.717, 1.165) is 46.7 Å². The molecule has 3 rings (SSSR count). The summed E-state index contributed by atoms with van der Waals surface area (Å²) in [6, 6.07) is 15.7. The topological polar surface area (TPSA) is 46.9 Å². The zero-order valence-corrected chi connectivity index (χ0v) is 17.5. The van der Waals surface area contributed by atoms with Crippen LogP contribution >= 0.6 is 11.6 Å². The number of carbonyl (C=O) groups excluding carboxylic acids is 1. The smallest absolute Gasteiger partial charge is 0.243 e. The van der Waals surface area contributed by atoms with Crippen LogP contribution in [-0.4, -0.2) is 21.5 Å². The quantitative estimate of drug-likeness (QED) is 0.542. The monoisotopic (exact) mass is 397 g/mol. The Morgan fingerprint density at radius 2 is 1.86 bits per heavy atom. The molecule has 3 aromatic rings. The van der Waals surface area contributed by atoms with E-state index in [9.17, 15) is 4.79 Å². The molecule has 1 aromatic heterocycles. The summed E-state index contributed by atoms with van der Waals surface area (Å²) < 4.78 is 2.11. The fraction of sp³-hybridized carbons (Fsp3) is 0.391. The molecule has 28 heavy (non-hydrogen) atoms. The first-order chi connectivity index (χ1) is 13.5. The molecule has 0 bridgehead atoms. The Morgan fingerprint density at radius 1 is 1.14 bits per heavy atom. The molecule has 0 radical (unpaired) electrons. The molecule has 0 fully saturated rings. The van der Waals surface area contributed by atoms with Crippen molar-refractivity contribution in [1.82, 2.24) is 14.9 Å². The van der Waals surface area contributed by atoms with E-state index in [1.165, 1.54) is 0 Å². The summed E-state index contributed by atoms with van der Waals surface area (Å²) in [6.45, 7) is 6.23. The van der Waals surface area contributed by atoms with E-state index in [1.54, 1.807) is 0 Å². The van der Waals surface area contributed by atoms with Crippen molar-refractivity contribution in [1.29, 1.82) is 0 Å². The van der Waals surface area contributed by atoms with E-state index in [0.29, 0.717) is 6.42 Å². The van der Waals surface area contributed by atoms with Crippen LogP contribution in [0.15, 0.2) is 48.5 Å². The molecule has 2 atom stereocenters.